The van der Waals surface area contributed by atoms with Crippen LogP contribution in [0.25, 0.3) is 23.1 Å². The van der Waals surface area contributed by atoms with Gasteiger partial charge in [0, 0.05) is 18.1 Å². The molecule has 0 unspecified atom stereocenters. The summed E-state index contributed by atoms with van der Waals surface area (Å²) < 4.78 is 37.5. The molecule has 12 heteroatoms. The van der Waals surface area contributed by atoms with Crippen LogP contribution in [-0.4, -0.2) is 54.2 Å². The monoisotopic (exact) mass is 512 g/mol. The average Bonchev–Trinajstić information content (AvgIpc) is 3.46. The Morgan fingerprint density at radius 2 is 1.84 bits per heavy atom. The minimum atomic E-state index is -3.28. The zero-order valence-corrected chi connectivity index (χ0v) is 20.7. The molecule has 0 radical (unpaired) electrons. The standard InChI is InChI=1S/C25H26F2N6O4/c1-15-28-21(23-29-20(32-37-23)17-8-10-19(11-9-17)36-25(4,26)27)31-33(15)13-16-6-5-7-18(12-16)22(35)30-24(2,3)14-34/h5-12,34H,13-14H2,1-4H3,(H,30,35). The molecule has 0 aliphatic carbocycles. The lowest BCUT2D eigenvalue weighted by atomic mass is 10.1. The van der Waals surface area contributed by atoms with Crippen molar-refractivity contribution in [1.29, 1.82) is 0 Å². The second-order valence-electron chi connectivity index (χ2n) is 9.19. The summed E-state index contributed by atoms with van der Waals surface area (Å²) in [6.45, 7) is 6.05. The van der Waals surface area contributed by atoms with Crippen molar-refractivity contribution in [1.82, 2.24) is 30.2 Å². The number of aliphatic hydroxyl groups is 1. The SMILES string of the molecule is Cc1nc(-c2nc(-c3ccc(OC(C)(F)F)cc3)no2)nn1Cc1cccc(C(=O)NC(C)(C)CO)c1. The largest absolute Gasteiger partial charge is 0.433 e. The Balaban J connectivity index is 1.48. The minimum absolute atomic E-state index is 0.00895. The van der Waals surface area contributed by atoms with Crippen molar-refractivity contribution in [3.63, 3.8) is 0 Å². The number of ether oxygens (including phenoxy) is 1. The van der Waals surface area contributed by atoms with Gasteiger partial charge in [-0.2, -0.15) is 13.8 Å². The van der Waals surface area contributed by atoms with Crippen molar-refractivity contribution < 1.29 is 27.9 Å². The van der Waals surface area contributed by atoms with Gasteiger partial charge < -0.3 is 19.7 Å². The summed E-state index contributed by atoms with van der Waals surface area (Å²) in [6, 6.07) is 12.9. The van der Waals surface area contributed by atoms with Crippen molar-refractivity contribution in [3.8, 4) is 28.9 Å². The number of halogens is 2. The number of alkyl halides is 2. The summed E-state index contributed by atoms with van der Waals surface area (Å²) in [7, 11) is 0. The third kappa shape index (κ3) is 6.53. The maximum absolute atomic E-state index is 13.0. The molecule has 0 atom stereocenters. The Morgan fingerprint density at radius 3 is 2.51 bits per heavy atom. The second-order valence-corrected chi connectivity index (χ2v) is 9.19. The number of hydrogen-bond acceptors (Lipinski definition) is 8. The molecule has 4 aromatic rings. The fraction of sp³-hybridized carbons (Fsp3) is 0.320. The maximum atomic E-state index is 13.0. The Labute approximate surface area is 211 Å². The zero-order valence-electron chi connectivity index (χ0n) is 20.7. The first-order valence-corrected chi connectivity index (χ1v) is 11.4. The molecular formula is C25H26F2N6O4. The first kappa shape index (κ1) is 25.9. The maximum Gasteiger partial charge on any atom is 0.394 e. The Morgan fingerprint density at radius 1 is 1.11 bits per heavy atom. The van der Waals surface area contributed by atoms with Crippen LogP contribution in [0.1, 0.15) is 42.5 Å². The van der Waals surface area contributed by atoms with Gasteiger partial charge in [-0.1, -0.05) is 17.3 Å². The van der Waals surface area contributed by atoms with E-state index in [1.165, 1.54) is 24.3 Å². The van der Waals surface area contributed by atoms with Gasteiger partial charge >= 0.3 is 6.11 Å². The highest BCUT2D eigenvalue weighted by molar-refractivity contribution is 5.94. The number of amides is 1. The number of carbonyl (C=O) groups is 1. The molecule has 10 nitrogen and oxygen atoms in total. The van der Waals surface area contributed by atoms with Gasteiger partial charge in [0.1, 0.15) is 11.6 Å². The highest BCUT2D eigenvalue weighted by Gasteiger charge is 2.23. The molecule has 1 amide bonds. The third-order valence-electron chi connectivity index (χ3n) is 5.25. The van der Waals surface area contributed by atoms with Gasteiger partial charge in [0.2, 0.25) is 11.6 Å². The quantitative estimate of drug-likeness (QED) is 0.346. The number of hydrogen-bond donors (Lipinski definition) is 2. The first-order valence-electron chi connectivity index (χ1n) is 11.4. The molecule has 0 saturated carbocycles. The summed E-state index contributed by atoms with van der Waals surface area (Å²) in [5.74, 6) is 0.862. The molecule has 2 heterocycles. The third-order valence-corrected chi connectivity index (χ3v) is 5.25. The molecule has 0 fully saturated rings. The van der Waals surface area contributed by atoms with E-state index >= 15 is 0 Å². The first-order chi connectivity index (χ1) is 17.4. The highest BCUT2D eigenvalue weighted by atomic mass is 19.3. The van der Waals surface area contributed by atoms with Crippen LogP contribution in [0.5, 0.6) is 5.75 Å². The summed E-state index contributed by atoms with van der Waals surface area (Å²) in [5.41, 5.74) is 1.07. The Hall–Kier alpha value is -4.19. The summed E-state index contributed by atoms with van der Waals surface area (Å²) in [5, 5.41) is 20.6. The van der Waals surface area contributed by atoms with E-state index in [0.717, 1.165) is 5.56 Å². The van der Waals surface area contributed by atoms with Gasteiger partial charge in [0.25, 0.3) is 11.8 Å². The van der Waals surface area contributed by atoms with Crippen LogP contribution in [0, 0.1) is 6.92 Å². The topological polar surface area (TPSA) is 128 Å². The lowest BCUT2D eigenvalue weighted by Gasteiger charge is -2.23. The van der Waals surface area contributed by atoms with Gasteiger partial charge in [0.15, 0.2) is 0 Å². The van der Waals surface area contributed by atoms with Crippen molar-refractivity contribution in [2.45, 2.75) is 45.9 Å². The van der Waals surface area contributed by atoms with E-state index in [-0.39, 0.29) is 35.8 Å². The van der Waals surface area contributed by atoms with E-state index in [0.29, 0.717) is 30.4 Å². The van der Waals surface area contributed by atoms with Crippen LogP contribution in [0.2, 0.25) is 0 Å². The fourth-order valence-corrected chi connectivity index (χ4v) is 3.37. The van der Waals surface area contributed by atoms with Gasteiger partial charge in [0.05, 0.1) is 18.7 Å². The number of nitrogens with one attached hydrogen (secondary N) is 1. The Bertz CT molecular complexity index is 1390. The van der Waals surface area contributed by atoms with Crippen LogP contribution in [0.3, 0.4) is 0 Å². The zero-order chi connectivity index (χ0) is 26.8. The van der Waals surface area contributed by atoms with Crippen molar-refractivity contribution in [2.75, 3.05) is 6.61 Å². The molecule has 4 rings (SSSR count). The molecule has 0 bridgehead atoms. The number of benzene rings is 2. The molecule has 2 N–H and O–H groups in total. The number of aliphatic hydroxyl groups excluding tert-OH is 1. The van der Waals surface area contributed by atoms with Gasteiger partial charge in [-0.3, -0.25) is 4.79 Å². The molecule has 0 aliphatic heterocycles. The van der Waals surface area contributed by atoms with Gasteiger partial charge in [-0.05, 0) is 62.7 Å². The van der Waals surface area contributed by atoms with Crippen molar-refractivity contribution in [2.24, 2.45) is 0 Å². The molecule has 0 aliphatic rings. The normalized spacial score (nSPS) is 12.0. The molecule has 194 valence electrons. The second kappa shape index (κ2) is 10.1. The van der Waals surface area contributed by atoms with E-state index in [1.54, 1.807) is 43.7 Å². The summed E-state index contributed by atoms with van der Waals surface area (Å²) >= 11 is 0. The number of aromatic nitrogens is 5. The highest BCUT2D eigenvalue weighted by Crippen LogP contribution is 2.25. The summed E-state index contributed by atoms with van der Waals surface area (Å²) in [4.78, 5) is 21.3. The average molecular weight is 513 g/mol. The van der Waals surface area contributed by atoms with Gasteiger partial charge in [-0.25, -0.2) is 9.67 Å². The fourth-order valence-electron chi connectivity index (χ4n) is 3.37. The molecule has 37 heavy (non-hydrogen) atoms. The molecule has 0 spiro atoms. The van der Waals surface area contributed by atoms with Crippen LogP contribution >= 0.6 is 0 Å². The number of rotatable bonds is 9. The van der Waals surface area contributed by atoms with Crippen LogP contribution in [0.4, 0.5) is 8.78 Å². The predicted octanol–water partition coefficient (Wildman–Crippen LogP) is 3.84. The number of aryl methyl sites for hydroxylation is 1. The smallest absolute Gasteiger partial charge is 0.394 e. The number of nitrogens with zero attached hydrogens (tertiary/aromatic N) is 5. The molecular weight excluding hydrogens is 486 g/mol. The molecule has 2 aromatic heterocycles. The van der Waals surface area contributed by atoms with E-state index in [4.69, 9.17) is 4.52 Å². The number of carbonyl (C=O) groups excluding carboxylic acids is 1. The van der Waals surface area contributed by atoms with E-state index < -0.39 is 11.6 Å². The molecule has 2 aromatic carbocycles. The minimum Gasteiger partial charge on any atom is -0.433 e. The van der Waals surface area contributed by atoms with Crippen molar-refractivity contribution >= 4 is 5.91 Å². The van der Waals surface area contributed by atoms with Crippen LogP contribution in [0.15, 0.2) is 53.1 Å². The van der Waals surface area contributed by atoms with Crippen LogP contribution < -0.4 is 10.1 Å². The molecule has 0 saturated heterocycles. The Kier molecular flexibility index (Phi) is 7.03. The lowest BCUT2D eigenvalue weighted by molar-refractivity contribution is -0.158. The van der Waals surface area contributed by atoms with Gasteiger partial charge in [-0.15, -0.1) is 5.10 Å². The predicted molar refractivity (Wildman–Crippen MR) is 129 cm³/mol. The van der Waals surface area contributed by atoms with E-state index in [9.17, 15) is 18.7 Å². The summed E-state index contributed by atoms with van der Waals surface area (Å²) in [6.07, 6.45) is -3.28. The lowest BCUT2D eigenvalue weighted by Crippen LogP contribution is -2.46. The van der Waals surface area contributed by atoms with E-state index in [2.05, 4.69) is 30.3 Å². The van der Waals surface area contributed by atoms with Crippen molar-refractivity contribution in [3.05, 3.63) is 65.5 Å². The van der Waals surface area contributed by atoms with E-state index in [1.807, 2.05) is 6.07 Å². The van der Waals surface area contributed by atoms with Crippen LogP contribution in [-0.2, 0) is 6.54 Å².